The summed E-state index contributed by atoms with van der Waals surface area (Å²) in [7, 11) is 0. The molecule has 0 amide bonds. The van der Waals surface area contributed by atoms with Crippen LogP contribution in [0.5, 0.6) is 0 Å². The highest BCUT2D eigenvalue weighted by molar-refractivity contribution is 8.00. The van der Waals surface area contributed by atoms with Gasteiger partial charge in [-0.15, -0.1) is 23.1 Å². The number of ketones is 1. The maximum absolute atomic E-state index is 11.8. The van der Waals surface area contributed by atoms with E-state index in [0.29, 0.717) is 17.2 Å². The molecule has 1 heterocycles. The minimum Gasteiger partial charge on any atom is -0.298 e. The van der Waals surface area contributed by atoms with Gasteiger partial charge in [-0.25, -0.2) is 0 Å². The number of rotatable bonds is 5. The van der Waals surface area contributed by atoms with Crippen LogP contribution in [0.2, 0.25) is 9.36 Å². The van der Waals surface area contributed by atoms with Crippen LogP contribution in [-0.2, 0) is 11.2 Å². The third-order valence-electron chi connectivity index (χ3n) is 2.23. The highest BCUT2D eigenvalue weighted by atomic mass is 35.5. The van der Waals surface area contributed by atoms with Crippen molar-refractivity contribution in [3.05, 3.63) is 50.6 Å². The first-order valence-electron chi connectivity index (χ1n) is 5.28. The predicted octanol–water partition coefficient (Wildman–Crippen LogP) is 4.96. The van der Waals surface area contributed by atoms with E-state index in [1.54, 1.807) is 0 Å². The lowest BCUT2D eigenvalue weighted by atomic mass is 10.3. The Morgan fingerprint density at radius 3 is 2.61 bits per heavy atom. The van der Waals surface area contributed by atoms with Crippen molar-refractivity contribution >= 4 is 52.1 Å². The van der Waals surface area contributed by atoms with Gasteiger partial charge >= 0.3 is 0 Å². The summed E-state index contributed by atoms with van der Waals surface area (Å²) in [6.07, 6.45) is 0.439. The molecule has 2 rings (SSSR count). The number of carbonyl (C=O) groups is 1. The van der Waals surface area contributed by atoms with Crippen molar-refractivity contribution in [1.29, 1.82) is 0 Å². The SMILES string of the molecule is O=C(CSc1ccccc1Cl)Cc1ccc(Cl)s1. The minimum atomic E-state index is 0.179. The molecule has 0 aliphatic rings. The number of benzene rings is 1. The average Bonchev–Trinajstić information content (AvgIpc) is 2.74. The Hall–Kier alpha value is -0.480. The Kier molecular flexibility index (Phi) is 5.13. The van der Waals surface area contributed by atoms with Crippen molar-refractivity contribution in [1.82, 2.24) is 0 Å². The molecule has 18 heavy (non-hydrogen) atoms. The van der Waals surface area contributed by atoms with Gasteiger partial charge in [0, 0.05) is 16.2 Å². The summed E-state index contributed by atoms with van der Waals surface area (Å²) < 4.78 is 0.719. The van der Waals surface area contributed by atoms with Crippen LogP contribution >= 0.6 is 46.3 Å². The second-order valence-electron chi connectivity index (χ2n) is 3.64. The zero-order valence-corrected chi connectivity index (χ0v) is 12.5. The van der Waals surface area contributed by atoms with E-state index in [-0.39, 0.29) is 5.78 Å². The summed E-state index contributed by atoms with van der Waals surface area (Å²) in [4.78, 5) is 13.8. The fraction of sp³-hybridized carbons (Fsp3) is 0.154. The fourth-order valence-corrected chi connectivity index (χ4v) is 3.63. The van der Waals surface area contributed by atoms with Gasteiger partial charge in [0.1, 0.15) is 5.78 Å². The monoisotopic (exact) mass is 316 g/mol. The van der Waals surface area contributed by atoms with Gasteiger partial charge in [-0.05, 0) is 24.3 Å². The highest BCUT2D eigenvalue weighted by Crippen LogP contribution is 2.27. The number of hydrogen-bond acceptors (Lipinski definition) is 3. The zero-order valence-electron chi connectivity index (χ0n) is 9.36. The second kappa shape index (κ2) is 6.62. The molecule has 0 aliphatic carbocycles. The van der Waals surface area contributed by atoms with Crippen molar-refractivity contribution in [2.24, 2.45) is 0 Å². The van der Waals surface area contributed by atoms with E-state index in [1.165, 1.54) is 23.1 Å². The Morgan fingerprint density at radius 2 is 1.94 bits per heavy atom. The quantitative estimate of drug-likeness (QED) is 0.725. The third-order valence-corrected chi connectivity index (χ3v) is 5.03. The molecule has 1 nitrogen and oxygen atoms in total. The third kappa shape index (κ3) is 4.02. The van der Waals surface area contributed by atoms with Crippen molar-refractivity contribution in [3.63, 3.8) is 0 Å². The normalized spacial score (nSPS) is 10.6. The minimum absolute atomic E-state index is 0.179. The lowest BCUT2D eigenvalue weighted by molar-refractivity contribution is -0.115. The van der Waals surface area contributed by atoms with E-state index in [1.807, 2.05) is 36.4 Å². The van der Waals surface area contributed by atoms with Gasteiger partial charge in [-0.3, -0.25) is 4.79 Å². The number of thioether (sulfide) groups is 1. The van der Waals surface area contributed by atoms with Crippen LogP contribution < -0.4 is 0 Å². The van der Waals surface area contributed by atoms with E-state index in [9.17, 15) is 4.79 Å². The molecule has 2 aromatic rings. The van der Waals surface area contributed by atoms with Crippen molar-refractivity contribution in [3.8, 4) is 0 Å². The molecule has 0 fully saturated rings. The Labute approximate surface area is 124 Å². The summed E-state index contributed by atoms with van der Waals surface area (Å²) in [6.45, 7) is 0. The molecule has 0 spiro atoms. The molecular formula is C13H10Cl2OS2. The van der Waals surface area contributed by atoms with Gasteiger partial charge in [0.2, 0.25) is 0 Å². The summed E-state index contributed by atoms with van der Waals surface area (Å²) >= 11 is 14.8. The van der Waals surface area contributed by atoms with E-state index < -0.39 is 0 Å². The Bertz CT molecular complexity index is 551. The fourth-order valence-electron chi connectivity index (χ4n) is 1.41. The molecule has 0 aliphatic heterocycles. The molecule has 0 N–H and O–H groups in total. The topological polar surface area (TPSA) is 17.1 Å². The van der Waals surface area contributed by atoms with Gasteiger partial charge in [0.05, 0.1) is 15.1 Å². The molecule has 5 heteroatoms. The molecule has 0 saturated carbocycles. The van der Waals surface area contributed by atoms with Crippen LogP contribution in [0.25, 0.3) is 0 Å². The Morgan fingerprint density at radius 1 is 1.17 bits per heavy atom. The number of hydrogen-bond donors (Lipinski definition) is 0. The van der Waals surface area contributed by atoms with Gasteiger partial charge in [0.25, 0.3) is 0 Å². The average molecular weight is 317 g/mol. The van der Waals surface area contributed by atoms with Gasteiger partial charge in [-0.2, -0.15) is 0 Å². The summed E-state index contributed by atoms with van der Waals surface area (Å²) in [5.41, 5.74) is 0. The molecule has 1 aromatic heterocycles. The molecule has 0 unspecified atom stereocenters. The number of carbonyl (C=O) groups excluding carboxylic acids is 1. The molecular weight excluding hydrogens is 307 g/mol. The standard InChI is InChI=1S/C13H10Cl2OS2/c14-11-3-1-2-4-12(11)17-8-9(16)7-10-5-6-13(15)18-10/h1-6H,7-8H2. The van der Waals surface area contributed by atoms with Gasteiger partial charge < -0.3 is 0 Å². The predicted molar refractivity (Wildman–Crippen MR) is 80.2 cm³/mol. The van der Waals surface area contributed by atoms with Gasteiger partial charge in [-0.1, -0.05) is 35.3 Å². The smallest absolute Gasteiger partial charge is 0.148 e. The van der Waals surface area contributed by atoms with Crippen LogP contribution in [-0.4, -0.2) is 11.5 Å². The number of thiophene rings is 1. The first-order valence-corrected chi connectivity index (χ1v) is 7.84. The van der Waals surface area contributed by atoms with Crippen LogP contribution in [0.15, 0.2) is 41.3 Å². The van der Waals surface area contributed by atoms with Crippen LogP contribution in [0.4, 0.5) is 0 Å². The molecule has 94 valence electrons. The lowest BCUT2D eigenvalue weighted by Crippen LogP contribution is -2.04. The Balaban J connectivity index is 1.87. The second-order valence-corrected chi connectivity index (χ2v) is 6.86. The van der Waals surface area contributed by atoms with E-state index >= 15 is 0 Å². The number of halogens is 2. The summed E-state index contributed by atoms with van der Waals surface area (Å²) in [5.74, 6) is 0.609. The maximum Gasteiger partial charge on any atom is 0.148 e. The van der Waals surface area contributed by atoms with E-state index in [4.69, 9.17) is 23.2 Å². The molecule has 0 radical (unpaired) electrons. The van der Waals surface area contributed by atoms with Crippen LogP contribution in [0, 0.1) is 0 Å². The zero-order chi connectivity index (χ0) is 13.0. The first kappa shape index (κ1) is 13.9. The molecule has 1 aromatic carbocycles. The summed E-state index contributed by atoms with van der Waals surface area (Å²) in [6, 6.07) is 11.2. The maximum atomic E-state index is 11.8. The van der Waals surface area contributed by atoms with Crippen molar-refractivity contribution in [2.75, 3.05) is 5.75 Å². The lowest BCUT2D eigenvalue weighted by Gasteiger charge is -2.02. The van der Waals surface area contributed by atoms with Gasteiger partial charge in [0.15, 0.2) is 0 Å². The van der Waals surface area contributed by atoms with Crippen molar-refractivity contribution < 1.29 is 4.79 Å². The molecule has 0 saturated heterocycles. The highest BCUT2D eigenvalue weighted by Gasteiger charge is 2.08. The molecule has 0 atom stereocenters. The van der Waals surface area contributed by atoms with Crippen LogP contribution in [0.3, 0.4) is 0 Å². The van der Waals surface area contributed by atoms with Crippen molar-refractivity contribution in [2.45, 2.75) is 11.3 Å². The largest absolute Gasteiger partial charge is 0.298 e. The van der Waals surface area contributed by atoms with Crippen LogP contribution in [0.1, 0.15) is 4.88 Å². The van der Waals surface area contributed by atoms with E-state index in [2.05, 4.69) is 0 Å². The molecule has 0 bridgehead atoms. The summed E-state index contributed by atoms with van der Waals surface area (Å²) in [5, 5.41) is 0.689. The number of Topliss-reactive ketones (excluding diaryl/α,β-unsaturated/α-hetero) is 1. The first-order chi connectivity index (χ1) is 8.65. The van der Waals surface area contributed by atoms with E-state index in [0.717, 1.165) is 14.1 Å².